The van der Waals surface area contributed by atoms with E-state index >= 15 is 0 Å². The number of alkyl halides is 1. The van der Waals surface area contributed by atoms with Crippen LogP contribution in [0.4, 0.5) is 4.39 Å². The van der Waals surface area contributed by atoms with Gasteiger partial charge in [0.15, 0.2) is 5.67 Å². The lowest BCUT2D eigenvalue weighted by atomic mass is 9.95. The zero-order valence-corrected chi connectivity index (χ0v) is 10.2. The Balaban J connectivity index is 2.52. The number of rotatable bonds is 3. The normalized spacial score (nSPS) is 17.9. The van der Waals surface area contributed by atoms with Gasteiger partial charge in [0.05, 0.1) is 18.8 Å². The van der Waals surface area contributed by atoms with E-state index in [4.69, 9.17) is 4.74 Å². The van der Waals surface area contributed by atoms with Crippen molar-refractivity contribution in [2.45, 2.75) is 12.2 Å². The number of aromatic nitrogens is 1. The average Bonchev–Trinajstić information content (AvgIpc) is 2.20. The lowest BCUT2D eigenvalue weighted by molar-refractivity contribution is -0.136. The Bertz CT molecular complexity index is 479. The van der Waals surface area contributed by atoms with Gasteiger partial charge in [-0.2, -0.15) is 0 Å². The van der Waals surface area contributed by atoms with Gasteiger partial charge < -0.3 is 9.30 Å². The summed E-state index contributed by atoms with van der Waals surface area (Å²) in [6, 6.07) is 1.52. The van der Waals surface area contributed by atoms with Gasteiger partial charge in [0.2, 0.25) is 0 Å². The third-order valence-electron chi connectivity index (χ3n) is 2.52. The molecule has 0 amide bonds. The first-order valence-electron chi connectivity index (χ1n) is 4.85. The Morgan fingerprint density at radius 1 is 1.69 bits per heavy atom. The summed E-state index contributed by atoms with van der Waals surface area (Å²) in [7, 11) is 0. The molecule has 0 atom stereocenters. The van der Waals surface area contributed by atoms with Crippen molar-refractivity contribution < 1.29 is 9.13 Å². The third kappa shape index (κ3) is 1.85. The first kappa shape index (κ1) is 11.5. The average molecular weight is 288 g/mol. The van der Waals surface area contributed by atoms with Gasteiger partial charge in [-0.1, -0.05) is 6.08 Å². The molecule has 0 saturated carbocycles. The minimum absolute atomic E-state index is 0.0488. The number of ether oxygens (including phenoxy) is 1. The van der Waals surface area contributed by atoms with Gasteiger partial charge in [-0.25, -0.2) is 4.39 Å². The van der Waals surface area contributed by atoms with Crippen molar-refractivity contribution in [2.24, 2.45) is 0 Å². The molecule has 1 saturated heterocycles. The summed E-state index contributed by atoms with van der Waals surface area (Å²) in [4.78, 5) is 11.9. The van der Waals surface area contributed by atoms with Crippen molar-refractivity contribution >= 4 is 15.9 Å². The van der Waals surface area contributed by atoms with Crippen molar-refractivity contribution in [1.29, 1.82) is 0 Å². The zero-order chi connectivity index (χ0) is 11.8. The van der Waals surface area contributed by atoms with Gasteiger partial charge in [0, 0.05) is 17.2 Å². The fraction of sp³-hybridized carbons (Fsp3) is 0.364. The van der Waals surface area contributed by atoms with Gasteiger partial charge in [-0.3, -0.25) is 4.79 Å². The van der Waals surface area contributed by atoms with E-state index in [1.165, 1.54) is 10.6 Å². The predicted octanol–water partition coefficient (Wildman–Crippen LogP) is 1.99. The van der Waals surface area contributed by atoms with Crippen LogP contribution in [-0.2, 0) is 17.0 Å². The lowest BCUT2D eigenvalue weighted by Gasteiger charge is -2.33. The number of hydrogen-bond donors (Lipinski definition) is 0. The van der Waals surface area contributed by atoms with Crippen LogP contribution in [0, 0.1) is 0 Å². The summed E-state index contributed by atoms with van der Waals surface area (Å²) in [5.74, 6) is 0. The zero-order valence-electron chi connectivity index (χ0n) is 8.58. The van der Waals surface area contributed by atoms with Gasteiger partial charge in [0.1, 0.15) is 0 Å². The van der Waals surface area contributed by atoms with Crippen LogP contribution < -0.4 is 5.56 Å². The molecule has 3 nitrogen and oxygen atoms in total. The second-order valence-corrected chi connectivity index (χ2v) is 4.69. The van der Waals surface area contributed by atoms with E-state index in [2.05, 4.69) is 22.5 Å². The largest absolute Gasteiger partial charge is 0.374 e. The molecule has 86 valence electrons. The number of hydrogen-bond acceptors (Lipinski definition) is 2. The number of allylic oxidation sites excluding steroid dienone is 1. The van der Waals surface area contributed by atoms with E-state index in [1.54, 1.807) is 12.3 Å². The monoisotopic (exact) mass is 287 g/mol. The van der Waals surface area contributed by atoms with Gasteiger partial charge in [-0.15, -0.1) is 6.58 Å². The molecule has 1 aliphatic rings. The molecule has 0 radical (unpaired) electrons. The first-order chi connectivity index (χ1) is 7.57. The highest BCUT2D eigenvalue weighted by atomic mass is 79.9. The quantitative estimate of drug-likeness (QED) is 0.797. The summed E-state index contributed by atoms with van der Waals surface area (Å²) in [5, 5.41) is 0. The fourth-order valence-corrected chi connectivity index (χ4v) is 2.11. The van der Waals surface area contributed by atoms with Crippen LogP contribution in [0.5, 0.6) is 0 Å². The van der Waals surface area contributed by atoms with Crippen LogP contribution in [-0.4, -0.2) is 17.8 Å². The Hall–Kier alpha value is -0.940. The highest BCUT2D eigenvalue weighted by Crippen LogP contribution is 2.32. The standard InChI is InChI=1S/C11H11BrFNO2/c1-2-3-14-5-8(12)4-9(10(14)15)11(13)6-16-7-11/h2,4-5H,1,3,6-7H2. The van der Waals surface area contributed by atoms with E-state index < -0.39 is 5.67 Å². The van der Waals surface area contributed by atoms with Crippen molar-refractivity contribution in [1.82, 2.24) is 4.57 Å². The Kier molecular flexibility index (Phi) is 2.99. The molecular weight excluding hydrogens is 277 g/mol. The fourth-order valence-electron chi connectivity index (χ4n) is 1.63. The smallest absolute Gasteiger partial charge is 0.257 e. The molecule has 1 aromatic heterocycles. The molecule has 1 aromatic rings. The van der Waals surface area contributed by atoms with Crippen molar-refractivity contribution in [2.75, 3.05) is 13.2 Å². The second kappa shape index (κ2) is 4.14. The van der Waals surface area contributed by atoms with Crippen LogP contribution in [0.3, 0.4) is 0 Å². The third-order valence-corrected chi connectivity index (χ3v) is 2.96. The second-order valence-electron chi connectivity index (χ2n) is 3.78. The molecule has 0 bridgehead atoms. The molecule has 0 aromatic carbocycles. The maximum absolute atomic E-state index is 14.1. The predicted molar refractivity (Wildman–Crippen MR) is 62.2 cm³/mol. The summed E-state index contributed by atoms with van der Waals surface area (Å²) in [5.41, 5.74) is -1.81. The molecule has 5 heteroatoms. The first-order valence-corrected chi connectivity index (χ1v) is 5.64. The van der Waals surface area contributed by atoms with Gasteiger partial charge >= 0.3 is 0 Å². The van der Waals surface area contributed by atoms with E-state index in [0.717, 1.165) is 0 Å². The van der Waals surface area contributed by atoms with Crippen LogP contribution in [0.1, 0.15) is 5.56 Å². The molecule has 0 aliphatic carbocycles. The number of halogens is 2. The van der Waals surface area contributed by atoms with E-state index in [0.29, 0.717) is 11.0 Å². The Labute approximate surface area is 101 Å². The van der Waals surface area contributed by atoms with E-state index in [1.807, 2.05) is 0 Å². The minimum Gasteiger partial charge on any atom is -0.374 e. The van der Waals surface area contributed by atoms with Crippen LogP contribution >= 0.6 is 15.9 Å². The molecule has 0 unspecified atom stereocenters. The summed E-state index contributed by atoms with van der Waals surface area (Å²) in [6.07, 6.45) is 3.22. The van der Waals surface area contributed by atoms with Gasteiger partial charge in [-0.05, 0) is 22.0 Å². The van der Waals surface area contributed by atoms with Crippen LogP contribution in [0.2, 0.25) is 0 Å². The summed E-state index contributed by atoms with van der Waals surface area (Å²) >= 11 is 3.26. The minimum atomic E-state index is -1.64. The number of nitrogens with zero attached hydrogens (tertiary/aromatic N) is 1. The highest BCUT2D eigenvalue weighted by Gasteiger charge is 2.43. The molecule has 0 N–H and O–H groups in total. The van der Waals surface area contributed by atoms with Crippen molar-refractivity contribution in [3.05, 3.63) is 45.3 Å². The molecule has 0 spiro atoms. The highest BCUT2D eigenvalue weighted by molar-refractivity contribution is 9.10. The summed E-state index contributed by atoms with van der Waals surface area (Å²) in [6.45, 7) is 3.82. The van der Waals surface area contributed by atoms with Gasteiger partial charge in [0.25, 0.3) is 5.56 Å². The Morgan fingerprint density at radius 2 is 2.38 bits per heavy atom. The molecule has 1 fully saturated rings. The maximum atomic E-state index is 14.1. The van der Waals surface area contributed by atoms with Crippen LogP contribution in [0.15, 0.2) is 34.2 Å². The molecule has 16 heavy (non-hydrogen) atoms. The van der Waals surface area contributed by atoms with Crippen molar-refractivity contribution in [3.63, 3.8) is 0 Å². The maximum Gasteiger partial charge on any atom is 0.257 e. The lowest BCUT2D eigenvalue weighted by Crippen LogP contribution is -2.47. The molecule has 2 heterocycles. The number of pyridine rings is 1. The molecular formula is C11H11BrFNO2. The van der Waals surface area contributed by atoms with E-state index in [-0.39, 0.29) is 24.3 Å². The van der Waals surface area contributed by atoms with Crippen molar-refractivity contribution in [3.8, 4) is 0 Å². The van der Waals surface area contributed by atoms with E-state index in [9.17, 15) is 9.18 Å². The Morgan fingerprint density at radius 3 is 2.88 bits per heavy atom. The SMILES string of the molecule is C=CCn1cc(Br)cc(C2(F)COC2)c1=O. The topological polar surface area (TPSA) is 31.2 Å². The summed E-state index contributed by atoms with van der Waals surface area (Å²) < 4.78 is 21.0. The molecule has 1 aliphatic heterocycles. The molecule has 2 rings (SSSR count). The van der Waals surface area contributed by atoms with Crippen LogP contribution in [0.25, 0.3) is 0 Å².